The van der Waals surface area contributed by atoms with Crippen molar-refractivity contribution in [3.05, 3.63) is 90.5 Å². The van der Waals surface area contributed by atoms with E-state index in [1.807, 2.05) is 79.7 Å². The van der Waals surface area contributed by atoms with Crippen LogP contribution in [0.25, 0.3) is 0 Å². The van der Waals surface area contributed by atoms with Crippen LogP contribution in [0.5, 0.6) is 0 Å². The number of anilines is 3. The van der Waals surface area contributed by atoms with Gasteiger partial charge in [0.1, 0.15) is 0 Å². The summed E-state index contributed by atoms with van der Waals surface area (Å²) in [6.07, 6.45) is 0. The Morgan fingerprint density at radius 3 is 2.14 bits per heavy atom. The second-order valence-corrected chi connectivity index (χ2v) is 6.23. The Morgan fingerprint density at radius 2 is 1.46 bits per heavy atom. The number of hydrogen-bond acceptors (Lipinski definition) is 3. The van der Waals surface area contributed by atoms with Crippen LogP contribution < -0.4 is 15.5 Å². The SMILES string of the molecule is CCN(C(=O)c1cccc(NCC(=O)Nc2ccccc2)c1)c1ccccc1. The van der Waals surface area contributed by atoms with Crippen LogP contribution in [-0.4, -0.2) is 24.9 Å². The number of para-hydroxylation sites is 2. The quantitative estimate of drug-likeness (QED) is 0.645. The molecule has 0 bridgehead atoms. The number of nitrogens with zero attached hydrogens (tertiary/aromatic N) is 1. The minimum Gasteiger partial charge on any atom is -0.376 e. The Labute approximate surface area is 165 Å². The van der Waals surface area contributed by atoms with E-state index < -0.39 is 0 Å². The van der Waals surface area contributed by atoms with Gasteiger partial charge in [0.15, 0.2) is 0 Å². The normalized spacial score (nSPS) is 10.2. The van der Waals surface area contributed by atoms with Gasteiger partial charge in [0.2, 0.25) is 5.91 Å². The second-order valence-electron chi connectivity index (χ2n) is 6.23. The number of hydrogen-bond donors (Lipinski definition) is 2. The molecule has 3 aromatic rings. The largest absolute Gasteiger partial charge is 0.376 e. The van der Waals surface area contributed by atoms with Crippen LogP contribution in [0.1, 0.15) is 17.3 Å². The van der Waals surface area contributed by atoms with Gasteiger partial charge in [-0.3, -0.25) is 9.59 Å². The third-order valence-electron chi connectivity index (χ3n) is 4.25. The van der Waals surface area contributed by atoms with Crippen LogP contribution >= 0.6 is 0 Å². The fraction of sp³-hybridized carbons (Fsp3) is 0.130. The molecule has 3 rings (SSSR count). The highest BCUT2D eigenvalue weighted by molar-refractivity contribution is 6.06. The van der Waals surface area contributed by atoms with Crippen molar-refractivity contribution >= 4 is 28.9 Å². The maximum Gasteiger partial charge on any atom is 0.258 e. The molecule has 0 fully saturated rings. The van der Waals surface area contributed by atoms with E-state index in [4.69, 9.17) is 0 Å². The zero-order chi connectivity index (χ0) is 19.8. The first-order valence-electron chi connectivity index (χ1n) is 9.23. The van der Waals surface area contributed by atoms with Gasteiger partial charge in [-0.25, -0.2) is 0 Å². The lowest BCUT2D eigenvalue weighted by Gasteiger charge is -2.21. The summed E-state index contributed by atoms with van der Waals surface area (Å²) < 4.78 is 0. The molecule has 0 aromatic heterocycles. The molecule has 142 valence electrons. The van der Waals surface area contributed by atoms with E-state index in [-0.39, 0.29) is 18.4 Å². The van der Waals surface area contributed by atoms with Gasteiger partial charge in [-0.15, -0.1) is 0 Å². The molecule has 3 aromatic carbocycles. The van der Waals surface area contributed by atoms with Crippen molar-refractivity contribution in [3.8, 4) is 0 Å². The molecule has 0 aliphatic heterocycles. The summed E-state index contributed by atoms with van der Waals surface area (Å²) in [6, 6.07) is 26.1. The fourth-order valence-electron chi connectivity index (χ4n) is 2.88. The molecule has 5 nitrogen and oxygen atoms in total. The minimum atomic E-state index is -0.151. The number of amides is 2. The summed E-state index contributed by atoms with van der Waals surface area (Å²) in [5.74, 6) is -0.228. The van der Waals surface area contributed by atoms with Gasteiger partial charge >= 0.3 is 0 Å². The van der Waals surface area contributed by atoms with Crippen LogP contribution in [-0.2, 0) is 4.79 Å². The van der Waals surface area contributed by atoms with Crippen molar-refractivity contribution in [2.75, 3.05) is 28.6 Å². The number of carbonyl (C=O) groups is 2. The summed E-state index contributed by atoms with van der Waals surface area (Å²) in [5.41, 5.74) is 2.90. The molecule has 0 saturated carbocycles. The molecule has 0 radical (unpaired) electrons. The Morgan fingerprint density at radius 1 is 0.821 bits per heavy atom. The average molecular weight is 373 g/mol. The Kier molecular flexibility index (Phi) is 6.41. The van der Waals surface area contributed by atoms with E-state index in [0.29, 0.717) is 12.1 Å². The van der Waals surface area contributed by atoms with Gasteiger partial charge in [-0.05, 0) is 49.4 Å². The second kappa shape index (κ2) is 9.37. The highest BCUT2D eigenvalue weighted by atomic mass is 16.2. The van der Waals surface area contributed by atoms with Gasteiger partial charge < -0.3 is 15.5 Å². The molecule has 0 atom stereocenters. The highest BCUT2D eigenvalue weighted by Gasteiger charge is 2.16. The molecule has 2 N–H and O–H groups in total. The predicted molar refractivity (Wildman–Crippen MR) is 114 cm³/mol. The monoisotopic (exact) mass is 373 g/mol. The number of rotatable bonds is 7. The fourth-order valence-corrected chi connectivity index (χ4v) is 2.88. The first kappa shape index (κ1) is 19.2. The van der Waals surface area contributed by atoms with Crippen LogP contribution in [0.15, 0.2) is 84.9 Å². The maximum atomic E-state index is 12.9. The highest BCUT2D eigenvalue weighted by Crippen LogP contribution is 2.18. The van der Waals surface area contributed by atoms with E-state index in [1.54, 1.807) is 17.0 Å². The van der Waals surface area contributed by atoms with Gasteiger partial charge in [0.05, 0.1) is 6.54 Å². The molecular weight excluding hydrogens is 350 g/mol. The van der Waals surface area contributed by atoms with Gasteiger partial charge in [0.25, 0.3) is 5.91 Å². The van der Waals surface area contributed by atoms with Crippen molar-refractivity contribution < 1.29 is 9.59 Å². The van der Waals surface area contributed by atoms with Crippen molar-refractivity contribution in [1.29, 1.82) is 0 Å². The molecule has 0 saturated heterocycles. The Hall–Kier alpha value is -3.60. The van der Waals surface area contributed by atoms with Crippen molar-refractivity contribution in [3.63, 3.8) is 0 Å². The van der Waals surface area contributed by atoms with Crippen molar-refractivity contribution in [1.82, 2.24) is 0 Å². The molecule has 0 spiro atoms. The average Bonchev–Trinajstić information content (AvgIpc) is 2.74. The first-order valence-corrected chi connectivity index (χ1v) is 9.23. The molecular formula is C23H23N3O2. The van der Waals surface area contributed by atoms with Crippen LogP contribution in [0.2, 0.25) is 0 Å². The summed E-state index contributed by atoms with van der Waals surface area (Å²) in [6.45, 7) is 2.63. The summed E-state index contributed by atoms with van der Waals surface area (Å²) in [7, 11) is 0. The zero-order valence-electron chi connectivity index (χ0n) is 15.8. The summed E-state index contributed by atoms with van der Waals surface area (Å²) in [5, 5.41) is 5.90. The van der Waals surface area contributed by atoms with Crippen molar-refractivity contribution in [2.45, 2.75) is 6.92 Å². The van der Waals surface area contributed by atoms with E-state index in [1.165, 1.54) is 0 Å². The standard InChI is InChI=1S/C23H23N3O2/c1-2-26(21-14-7-4-8-15-21)23(28)18-10-9-13-20(16-18)24-17-22(27)25-19-11-5-3-6-12-19/h3-16,24H,2,17H2,1H3,(H,25,27). The lowest BCUT2D eigenvalue weighted by atomic mass is 10.1. The van der Waals surface area contributed by atoms with Crippen LogP contribution in [0.3, 0.4) is 0 Å². The third kappa shape index (κ3) is 4.98. The topological polar surface area (TPSA) is 61.4 Å². The smallest absolute Gasteiger partial charge is 0.258 e. The summed E-state index contributed by atoms with van der Waals surface area (Å²) in [4.78, 5) is 26.7. The lowest BCUT2D eigenvalue weighted by molar-refractivity contribution is -0.114. The third-order valence-corrected chi connectivity index (χ3v) is 4.25. The molecule has 2 amide bonds. The molecule has 0 heterocycles. The van der Waals surface area contributed by atoms with Gasteiger partial charge in [-0.1, -0.05) is 42.5 Å². The van der Waals surface area contributed by atoms with E-state index >= 15 is 0 Å². The van der Waals surface area contributed by atoms with Crippen LogP contribution in [0.4, 0.5) is 17.1 Å². The van der Waals surface area contributed by atoms with Crippen molar-refractivity contribution in [2.24, 2.45) is 0 Å². The minimum absolute atomic E-state index is 0.0777. The number of nitrogens with one attached hydrogen (secondary N) is 2. The maximum absolute atomic E-state index is 12.9. The number of carbonyl (C=O) groups excluding carboxylic acids is 2. The molecule has 0 unspecified atom stereocenters. The Bertz CT molecular complexity index is 927. The molecule has 0 aliphatic rings. The predicted octanol–water partition coefficient (Wildman–Crippen LogP) is 4.40. The van der Waals surface area contributed by atoms with Gasteiger partial charge in [-0.2, -0.15) is 0 Å². The molecule has 5 heteroatoms. The molecule has 28 heavy (non-hydrogen) atoms. The van der Waals surface area contributed by atoms with E-state index in [0.717, 1.165) is 17.1 Å². The Balaban J connectivity index is 1.64. The summed E-state index contributed by atoms with van der Waals surface area (Å²) >= 11 is 0. The lowest BCUT2D eigenvalue weighted by Crippen LogP contribution is -2.30. The molecule has 0 aliphatic carbocycles. The number of benzene rings is 3. The van der Waals surface area contributed by atoms with E-state index in [9.17, 15) is 9.59 Å². The van der Waals surface area contributed by atoms with Crippen LogP contribution in [0, 0.1) is 0 Å². The zero-order valence-corrected chi connectivity index (χ0v) is 15.8. The van der Waals surface area contributed by atoms with Gasteiger partial charge in [0, 0.05) is 29.2 Å². The first-order chi connectivity index (χ1) is 13.7. The van der Waals surface area contributed by atoms with E-state index in [2.05, 4.69) is 10.6 Å².